The lowest BCUT2D eigenvalue weighted by Gasteiger charge is -2.26. The van der Waals surface area contributed by atoms with Crippen molar-refractivity contribution >= 4 is 35.3 Å². The highest BCUT2D eigenvalue weighted by atomic mass is 79.9. The molecule has 1 saturated heterocycles. The maximum absolute atomic E-state index is 6.05. The molecule has 1 heterocycles. The minimum Gasteiger partial charge on any atom is -0.353 e. The Kier molecular flexibility index (Phi) is 6.87. The molecular formula is C22H27BrO2Si. The summed E-state index contributed by atoms with van der Waals surface area (Å²) in [5.41, 5.74) is 4.93. The van der Waals surface area contributed by atoms with Crippen molar-refractivity contribution in [1.29, 1.82) is 0 Å². The summed E-state index contributed by atoms with van der Waals surface area (Å²) in [4.78, 5) is 0. The van der Waals surface area contributed by atoms with Crippen molar-refractivity contribution in [3.63, 3.8) is 0 Å². The largest absolute Gasteiger partial charge is 0.353 e. The van der Waals surface area contributed by atoms with Gasteiger partial charge in [-0.25, -0.2) is 0 Å². The van der Waals surface area contributed by atoms with E-state index in [4.69, 9.17) is 9.47 Å². The molecule has 138 valence electrons. The highest BCUT2D eigenvalue weighted by molar-refractivity contribution is 9.10. The van der Waals surface area contributed by atoms with Crippen LogP contribution in [0.2, 0.25) is 13.1 Å². The van der Waals surface area contributed by atoms with E-state index < -0.39 is 8.07 Å². The van der Waals surface area contributed by atoms with E-state index in [2.05, 4.69) is 89.3 Å². The van der Waals surface area contributed by atoms with Gasteiger partial charge in [0.05, 0.1) is 6.61 Å². The van der Waals surface area contributed by atoms with Crippen LogP contribution in [0.15, 0.2) is 58.7 Å². The first-order chi connectivity index (χ1) is 12.5. The second-order valence-corrected chi connectivity index (χ2v) is 12.6. The molecule has 1 atom stereocenters. The monoisotopic (exact) mass is 430 g/mol. The summed E-state index contributed by atoms with van der Waals surface area (Å²) >= 11 is 3.49. The number of rotatable bonds is 6. The summed E-state index contributed by atoms with van der Waals surface area (Å²) < 4.78 is 12.9. The smallest absolute Gasteiger partial charge is 0.158 e. The Balaban J connectivity index is 1.72. The SMILES string of the molecule is C[Si](C)(/C=C/c1ccc(Br)cc1)c1ccccc1COC1CCCCO1. The number of hydrogen-bond donors (Lipinski definition) is 0. The van der Waals surface area contributed by atoms with Gasteiger partial charge in [0.25, 0.3) is 0 Å². The van der Waals surface area contributed by atoms with Gasteiger partial charge in [0, 0.05) is 11.1 Å². The Morgan fingerprint density at radius 2 is 1.88 bits per heavy atom. The predicted molar refractivity (Wildman–Crippen MR) is 115 cm³/mol. The first-order valence-electron chi connectivity index (χ1n) is 9.31. The Bertz CT molecular complexity index is 734. The van der Waals surface area contributed by atoms with Gasteiger partial charge in [0.2, 0.25) is 0 Å². The molecule has 0 amide bonds. The van der Waals surface area contributed by atoms with Gasteiger partial charge < -0.3 is 9.47 Å². The van der Waals surface area contributed by atoms with Gasteiger partial charge in [0.15, 0.2) is 6.29 Å². The van der Waals surface area contributed by atoms with Crippen molar-refractivity contribution in [3.05, 3.63) is 69.8 Å². The lowest BCUT2D eigenvalue weighted by atomic mass is 10.2. The van der Waals surface area contributed by atoms with Crippen LogP contribution in [-0.2, 0) is 16.1 Å². The number of benzene rings is 2. The Labute approximate surface area is 166 Å². The van der Waals surface area contributed by atoms with Crippen molar-refractivity contribution in [3.8, 4) is 0 Å². The van der Waals surface area contributed by atoms with Crippen LogP contribution in [0.4, 0.5) is 0 Å². The Morgan fingerprint density at radius 3 is 2.62 bits per heavy atom. The standard InChI is InChI=1S/C22H27BrO2Si/c1-26(2,16-14-18-10-12-20(23)13-11-18)21-8-4-3-7-19(21)17-25-22-9-5-6-15-24-22/h3-4,7-8,10-14,16,22H,5-6,9,15,17H2,1-2H3/b16-14+. The summed E-state index contributed by atoms with van der Waals surface area (Å²) in [6, 6.07) is 17.1. The minimum absolute atomic E-state index is 0.0418. The van der Waals surface area contributed by atoms with Crippen LogP contribution >= 0.6 is 15.9 Å². The van der Waals surface area contributed by atoms with Gasteiger partial charge in [-0.05, 0) is 47.7 Å². The van der Waals surface area contributed by atoms with Gasteiger partial charge in [-0.2, -0.15) is 0 Å². The molecule has 0 aliphatic carbocycles. The van der Waals surface area contributed by atoms with Crippen LogP contribution in [0, 0.1) is 0 Å². The van der Waals surface area contributed by atoms with E-state index in [0.29, 0.717) is 6.61 Å². The predicted octanol–water partition coefficient (Wildman–Crippen LogP) is 5.66. The zero-order valence-corrected chi connectivity index (χ0v) is 18.2. The molecule has 0 N–H and O–H groups in total. The second kappa shape index (κ2) is 9.13. The van der Waals surface area contributed by atoms with Gasteiger partial charge in [0.1, 0.15) is 8.07 Å². The van der Waals surface area contributed by atoms with Crippen molar-refractivity contribution < 1.29 is 9.47 Å². The number of halogens is 1. The fraction of sp³-hybridized carbons (Fsp3) is 0.364. The van der Waals surface area contributed by atoms with Crippen molar-refractivity contribution in [1.82, 2.24) is 0 Å². The molecule has 0 bridgehead atoms. The molecular weight excluding hydrogens is 404 g/mol. The van der Waals surface area contributed by atoms with Crippen LogP contribution in [0.5, 0.6) is 0 Å². The summed E-state index contributed by atoms with van der Waals surface area (Å²) in [5.74, 6) is 0. The summed E-state index contributed by atoms with van der Waals surface area (Å²) in [7, 11) is -1.72. The first kappa shape index (κ1) is 19.6. The minimum atomic E-state index is -1.72. The van der Waals surface area contributed by atoms with Crippen LogP contribution in [-0.4, -0.2) is 21.0 Å². The quantitative estimate of drug-likeness (QED) is 0.550. The summed E-state index contributed by atoms with van der Waals surface area (Å²) in [6.45, 7) is 6.22. The Hall–Kier alpha value is -1.20. The molecule has 1 aliphatic heterocycles. The zero-order chi connectivity index (χ0) is 18.4. The molecule has 0 spiro atoms. The van der Waals surface area contributed by atoms with Crippen LogP contribution in [0.25, 0.3) is 6.08 Å². The summed E-state index contributed by atoms with van der Waals surface area (Å²) in [5, 5.41) is 1.43. The van der Waals surface area contributed by atoms with Gasteiger partial charge in [-0.3, -0.25) is 0 Å². The van der Waals surface area contributed by atoms with E-state index in [0.717, 1.165) is 23.9 Å². The van der Waals surface area contributed by atoms with Gasteiger partial charge in [-0.15, -0.1) is 0 Å². The highest BCUT2D eigenvalue weighted by Gasteiger charge is 2.23. The molecule has 1 unspecified atom stereocenters. The van der Waals surface area contributed by atoms with Crippen molar-refractivity contribution in [2.45, 2.75) is 45.3 Å². The number of ether oxygens (including phenoxy) is 2. The van der Waals surface area contributed by atoms with E-state index in [1.54, 1.807) is 0 Å². The summed E-state index contributed by atoms with van der Waals surface area (Å²) in [6.07, 6.45) is 5.56. The molecule has 3 rings (SSSR count). The fourth-order valence-electron chi connectivity index (χ4n) is 3.27. The van der Waals surface area contributed by atoms with E-state index in [-0.39, 0.29) is 6.29 Å². The van der Waals surface area contributed by atoms with Gasteiger partial charge >= 0.3 is 0 Å². The lowest BCUT2D eigenvalue weighted by Crippen LogP contribution is -2.42. The maximum Gasteiger partial charge on any atom is 0.158 e. The molecule has 0 radical (unpaired) electrons. The van der Waals surface area contributed by atoms with Crippen LogP contribution in [0.3, 0.4) is 0 Å². The zero-order valence-electron chi connectivity index (χ0n) is 15.6. The Morgan fingerprint density at radius 1 is 1.12 bits per heavy atom. The number of hydrogen-bond acceptors (Lipinski definition) is 2. The third-order valence-electron chi connectivity index (χ3n) is 4.84. The molecule has 0 aromatic heterocycles. The van der Waals surface area contributed by atoms with Crippen LogP contribution in [0.1, 0.15) is 30.4 Å². The van der Waals surface area contributed by atoms with E-state index in [1.807, 2.05) is 0 Å². The maximum atomic E-state index is 6.05. The van der Waals surface area contributed by atoms with Crippen LogP contribution < -0.4 is 5.19 Å². The fourth-order valence-corrected chi connectivity index (χ4v) is 5.83. The molecule has 1 fully saturated rings. The first-order valence-corrected chi connectivity index (χ1v) is 13.2. The van der Waals surface area contributed by atoms with Gasteiger partial charge in [-0.1, -0.05) is 77.2 Å². The molecule has 2 nitrogen and oxygen atoms in total. The second-order valence-electron chi connectivity index (χ2n) is 7.37. The average Bonchev–Trinajstić information content (AvgIpc) is 2.67. The normalized spacial score (nSPS) is 18.3. The lowest BCUT2D eigenvalue weighted by molar-refractivity contribution is -0.168. The van der Waals surface area contributed by atoms with Crippen molar-refractivity contribution in [2.24, 2.45) is 0 Å². The molecule has 26 heavy (non-hydrogen) atoms. The molecule has 2 aromatic rings. The molecule has 4 heteroatoms. The highest BCUT2D eigenvalue weighted by Crippen LogP contribution is 2.18. The molecule has 0 saturated carbocycles. The molecule has 2 aromatic carbocycles. The topological polar surface area (TPSA) is 18.5 Å². The third-order valence-corrected chi connectivity index (χ3v) is 8.24. The van der Waals surface area contributed by atoms with Crippen molar-refractivity contribution in [2.75, 3.05) is 6.61 Å². The third kappa shape index (κ3) is 5.40. The van der Waals surface area contributed by atoms with E-state index in [1.165, 1.54) is 22.7 Å². The molecule has 1 aliphatic rings. The van der Waals surface area contributed by atoms with E-state index >= 15 is 0 Å². The average molecular weight is 431 g/mol. The van der Waals surface area contributed by atoms with E-state index in [9.17, 15) is 0 Å².